The minimum Gasteiger partial charge on any atom is -0.393 e. The molecule has 15 heavy (non-hydrogen) atoms. The highest BCUT2D eigenvalue weighted by Gasteiger charge is 2.08. The van der Waals surface area contributed by atoms with Crippen molar-refractivity contribution >= 4 is 22.7 Å². The van der Waals surface area contributed by atoms with E-state index < -0.39 is 0 Å². The third-order valence-electron chi connectivity index (χ3n) is 2.00. The second-order valence-electron chi connectivity index (χ2n) is 3.60. The number of aryl methyl sites for hydroxylation is 1. The van der Waals surface area contributed by atoms with Gasteiger partial charge in [-0.1, -0.05) is 0 Å². The lowest BCUT2D eigenvalue weighted by Crippen LogP contribution is -2.01. The summed E-state index contributed by atoms with van der Waals surface area (Å²) in [5.74, 6) is 0. The number of aliphatic hydroxyl groups excluding tert-OH is 1. The lowest BCUT2D eigenvalue weighted by Gasteiger charge is -1.97. The van der Waals surface area contributed by atoms with Gasteiger partial charge in [-0.15, -0.1) is 22.7 Å². The fraction of sp³-hybridized carbons (Fsp3) is 0.364. The summed E-state index contributed by atoms with van der Waals surface area (Å²) in [6, 6.07) is 4.21. The highest BCUT2D eigenvalue weighted by atomic mass is 32.1. The van der Waals surface area contributed by atoms with E-state index in [4.69, 9.17) is 0 Å². The molecule has 0 bridgehead atoms. The van der Waals surface area contributed by atoms with E-state index in [1.54, 1.807) is 29.6 Å². The molecule has 2 heterocycles. The normalized spacial score (nSPS) is 13.0. The summed E-state index contributed by atoms with van der Waals surface area (Å²) in [5.41, 5.74) is 0. The zero-order chi connectivity index (χ0) is 10.8. The molecule has 2 aromatic heterocycles. The molecule has 0 fully saturated rings. The van der Waals surface area contributed by atoms with E-state index in [2.05, 4.69) is 24.0 Å². The summed E-state index contributed by atoms with van der Waals surface area (Å²) in [5, 5.41) is 10.3. The van der Waals surface area contributed by atoms with Crippen LogP contribution in [0.2, 0.25) is 0 Å². The quantitative estimate of drug-likeness (QED) is 0.892. The van der Waals surface area contributed by atoms with Crippen LogP contribution in [0.25, 0.3) is 9.88 Å². The van der Waals surface area contributed by atoms with Crippen molar-refractivity contribution in [1.82, 2.24) is 4.98 Å². The van der Waals surface area contributed by atoms with Crippen LogP contribution in [0, 0.1) is 6.92 Å². The molecule has 2 nitrogen and oxygen atoms in total. The topological polar surface area (TPSA) is 33.1 Å². The van der Waals surface area contributed by atoms with Crippen LogP contribution in [-0.4, -0.2) is 16.2 Å². The predicted octanol–water partition coefficient (Wildman–Crippen LogP) is 3.10. The van der Waals surface area contributed by atoms with Crippen molar-refractivity contribution in [3.05, 3.63) is 28.1 Å². The molecule has 1 N–H and O–H groups in total. The van der Waals surface area contributed by atoms with Crippen LogP contribution in [0.3, 0.4) is 0 Å². The van der Waals surface area contributed by atoms with Crippen molar-refractivity contribution in [3.63, 3.8) is 0 Å². The first-order valence-corrected chi connectivity index (χ1v) is 6.48. The Morgan fingerprint density at radius 1 is 1.40 bits per heavy atom. The van der Waals surface area contributed by atoms with Gasteiger partial charge >= 0.3 is 0 Å². The molecule has 1 unspecified atom stereocenters. The Balaban J connectivity index is 2.20. The summed E-state index contributed by atoms with van der Waals surface area (Å²) >= 11 is 3.43. The molecule has 0 amide bonds. The third-order valence-corrected chi connectivity index (χ3v) is 4.19. The van der Waals surface area contributed by atoms with Gasteiger partial charge in [0.2, 0.25) is 0 Å². The number of thiazole rings is 1. The lowest BCUT2D eigenvalue weighted by atomic mass is 10.3. The molecular weight excluding hydrogens is 226 g/mol. The molecule has 2 rings (SSSR count). The number of hydrogen-bond acceptors (Lipinski definition) is 4. The summed E-state index contributed by atoms with van der Waals surface area (Å²) in [6.45, 7) is 3.90. The summed E-state index contributed by atoms with van der Waals surface area (Å²) in [4.78, 5) is 8.04. The molecule has 0 aliphatic heterocycles. The lowest BCUT2D eigenvalue weighted by molar-refractivity contribution is 0.196. The van der Waals surface area contributed by atoms with E-state index in [1.807, 2.05) is 6.20 Å². The third kappa shape index (κ3) is 2.65. The van der Waals surface area contributed by atoms with Crippen LogP contribution in [0.5, 0.6) is 0 Å². The highest BCUT2D eigenvalue weighted by Crippen LogP contribution is 2.31. The fourth-order valence-electron chi connectivity index (χ4n) is 1.36. The van der Waals surface area contributed by atoms with Crippen LogP contribution < -0.4 is 0 Å². The number of rotatable bonds is 3. The Bertz CT molecular complexity index is 445. The summed E-state index contributed by atoms with van der Waals surface area (Å²) in [6.07, 6.45) is 2.27. The minimum absolute atomic E-state index is 0.289. The van der Waals surface area contributed by atoms with E-state index in [0.29, 0.717) is 6.42 Å². The standard InChI is InChI=1S/C11H13NOS2/c1-7(13)5-9-6-12-11(15-9)10-4-3-8(2)14-10/h3-4,6-7,13H,5H2,1-2H3. The molecule has 0 saturated heterocycles. The molecule has 80 valence electrons. The number of thiophene rings is 1. The van der Waals surface area contributed by atoms with Gasteiger partial charge in [0.15, 0.2) is 0 Å². The Kier molecular flexibility index (Phi) is 3.19. The minimum atomic E-state index is -0.289. The smallest absolute Gasteiger partial charge is 0.133 e. The Morgan fingerprint density at radius 2 is 2.20 bits per heavy atom. The van der Waals surface area contributed by atoms with Crippen LogP contribution >= 0.6 is 22.7 Å². The second-order valence-corrected chi connectivity index (χ2v) is 6.00. The van der Waals surface area contributed by atoms with Gasteiger partial charge in [-0.25, -0.2) is 4.98 Å². The zero-order valence-corrected chi connectivity index (χ0v) is 10.4. The van der Waals surface area contributed by atoms with Crippen molar-refractivity contribution < 1.29 is 5.11 Å². The van der Waals surface area contributed by atoms with E-state index in [9.17, 15) is 5.11 Å². The van der Waals surface area contributed by atoms with Crippen molar-refractivity contribution in [1.29, 1.82) is 0 Å². The maximum absolute atomic E-state index is 9.27. The van der Waals surface area contributed by atoms with Crippen LogP contribution in [-0.2, 0) is 6.42 Å². The second kappa shape index (κ2) is 4.43. The summed E-state index contributed by atoms with van der Waals surface area (Å²) < 4.78 is 0. The van der Waals surface area contributed by atoms with Crippen LogP contribution in [0.15, 0.2) is 18.3 Å². The van der Waals surface area contributed by atoms with Crippen molar-refractivity contribution in [2.45, 2.75) is 26.4 Å². The number of aliphatic hydroxyl groups is 1. The molecule has 0 aliphatic carbocycles. The number of aromatic nitrogens is 1. The molecule has 0 saturated carbocycles. The molecule has 2 aromatic rings. The van der Waals surface area contributed by atoms with Gasteiger partial charge in [0.1, 0.15) is 5.01 Å². The summed E-state index contributed by atoms with van der Waals surface area (Å²) in [7, 11) is 0. The highest BCUT2D eigenvalue weighted by molar-refractivity contribution is 7.21. The first kappa shape index (κ1) is 10.8. The molecule has 0 radical (unpaired) electrons. The van der Waals surface area contributed by atoms with Gasteiger partial charge in [0.25, 0.3) is 0 Å². The number of hydrogen-bond donors (Lipinski definition) is 1. The van der Waals surface area contributed by atoms with Crippen LogP contribution in [0.1, 0.15) is 16.7 Å². The van der Waals surface area contributed by atoms with Crippen molar-refractivity contribution in [2.24, 2.45) is 0 Å². The Morgan fingerprint density at radius 3 is 2.80 bits per heavy atom. The monoisotopic (exact) mass is 239 g/mol. The Hall–Kier alpha value is -0.710. The average Bonchev–Trinajstić information content (AvgIpc) is 2.72. The first-order valence-electron chi connectivity index (χ1n) is 4.85. The van der Waals surface area contributed by atoms with Gasteiger partial charge in [0.05, 0.1) is 11.0 Å². The molecule has 4 heteroatoms. The largest absolute Gasteiger partial charge is 0.393 e. The van der Waals surface area contributed by atoms with Gasteiger partial charge < -0.3 is 5.11 Å². The molecular formula is C11H13NOS2. The van der Waals surface area contributed by atoms with E-state index in [-0.39, 0.29) is 6.10 Å². The average molecular weight is 239 g/mol. The SMILES string of the molecule is Cc1ccc(-c2ncc(CC(C)O)s2)s1. The molecule has 1 atom stereocenters. The van der Waals surface area contributed by atoms with E-state index in [1.165, 1.54) is 9.75 Å². The molecule has 0 aromatic carbocycles. The Labute approximate surface area is 97.2 Å². The van der Waals surface area contributed by atoms with Gasteiger partial charge in [-0.05, 0) is 26.0 Å². The maximum atomic E-state index is 9.27. The van der Waals surface area contributed by atoms with Gasteiger partial charge in [-0.2, -0.15) is 0 Å². The van der Waals surface area contributed by atoms with Crippen LogP contribution in [0.4, 0.5) is 0 Å². The van der Waals surface area contributed by atoms with E-state index in [0.717, 1.165) is 9.88 Å². The van der Waals surface area contributed by atoms with E-state index >= 15 is 0 Å². The first-order chi connectivity index (χ1) is 7.15. The van der Waals surface area contributed by atoms with Crippen molar-refractivity contribution in [3.8, 4) is 9.88 Å². The number of nitrogens with zero attached hydrogens (tertiary/aromatic N) is 1. The maximum Gasteiger partial charge on any atom is 0.133 e. The van der Waals surface area contributed by atoms with Gasteiger partial charge in [0, 0.05) is 22.4 Å². The molecule has 0 spiro atoms. The zero-order valence-electron chi connectivity index (χ0n) is 8.73. The predicted molar refractivity (Wildman–Crippen MR) is 65.5 cm³/mol. The van der Waals surface area contributed by atoms with Gasteiger partial charge in [-0.3, -0.25) is 0 Å². The van der Waals surface area contributed by atoms with Crippen molar-refractivity contribution in [2.75, 3.05) is 0 Å². The fourth-order valence-corrected chi connectivity index (χ4v) is 3.32. The molecule has 0 aliphatic rings.